The SMILES string of the molecule is COCCC(C)(O)CNC(C)Cc1ccco1. The van der Waals surface area contributed by atoms with E-state index in [1.54, 1.807) is 13.4 Å². The molecule has 1 aromatic rings. The van der Waals surface area contributed by atoms with Gasteiger partial charge in [-0.25, -0.2) is 0 Å². The summed E-state index contributed by atoms with van der Waals surface area (Å²) in [5.41, 5.74) is -0.729. The number of methoxy groups -OCH3 is 1. The smallest absolute Gasteiger partial charge is 0.105 e. The van der Waals surface area contributed by atoms with Crippen LogP contribution in [0.3, 0.4) is 0 Å². The molecule has 0 aliphatic heterocycles. The molecular weight excluding hydrogens is 218 g/mol. The molecule has 1 rings (SSSR count). The predicted octanol–water partition coefficient (Wildman–Crippen LogP) is 1.59. The predicted molar refractivity (Wildman–Crippen MR) is 67.0 cm³/mol. The monoisotopic (exact) mass is 241 g/mol. The number of rotatable bonds is 8. The van der Waals surface area contributed by atoms with Crippen LogP contribution in [0.25, 0.3) is 0 Å². The van der Waals surface area contributed by atoms with Gasteiger partial charge < -0.3 is 19.6 Å². The lowest BCUT2D eigenvalue weighted by Crippen LogP contribution is -2.42. The van der Waals surface area contributed by atoms with Crippen LogP contribution in [0.1, 0.15) is 26.0 Å². The molecule has 0 fully saturated rings. The van der Waals surface area contributed by atoms with Crippen molar-refractivity contribution in [1.82, 2.24) is 5.32 Å². The number of aliphatic hydroxyl groups is 1. The quantitative estimate of drug-likeness (QED) is 0.725. The minimum Gasteiger partial charge on any atom is -0.469 e. The first-order chi connectivity index (χ1) is 8.03. The fourth-order valence-electron chi connectivity index (χ4n) is 1.61. The Balaban J connectivity index is 2.24. The lowest BCUT2D eigenvalue weighted by atomic mass is 10.0. The maximum absolute atomic E-state index is 10.1. The van der Waals surface area contributed by atoms with Crippen molar-refractivity contribution in [3.8, 4) is 0 Å². The van der Waals surface area contributed by atoms with E-state index in [0.29, 0.717) is 19.6 Å². The maximum atomic E-state index is 10.1. The van der Waals surface area contributed by atoms with E-state index < -0.39 is 5.60 Å². The molecule has 0 bridgehead atoms. The molecule has 2 unspecified atom stereocenters. The first-order valence-corrected chi connectivity index (χ1v) is 6.00. The molecule has 1 aromatic heterocycles. The lowest BCUT2D eigenvalue weighted by Gasteiger charge is -2.25. The second-order valence-electron chi connectivity index (χ2n) is 4.81. The number of hydrogen-bond acceptors (Lipinski definition) is 4. The molecule has 0 aliphatic carbocycles. The molecule has 0 spiro atoms. The number of nitrogens with one attached hydrogen (secondary N) is 1. The van der Waals surface area contributed by atoms with Crippen LogP contribution in [0.5, 0.6) is 0 Å². The highest BCUT2D eigenvalue weighted by molar-refractivity contribution is 5.00. The van der Waals surface area contributed by atoms with Gasteiger partial charge in [0, 0.05) is 39.1 Å². The van der Waals surface area contributed by atoms with Crippen LogP contribution in [0.4, 0.5) is 0 Å². The lowest BCUT2D eigenvalue weighted by molar-refractivity contribution is 0.0230. The van der Waals surface area contributed by atoms with E-state index in [9.17, 15) is 5.11 Å². The van der Waals surface area contributed by atoms with E-state index in [0.717, 1.165) is 12.2 Å². The summed E-state index contributed by atoms with van der Waals surface area (Å²) >= 11 is 0. The largest absolute Gasteiger partial charge is 0.469 e. The molecule has 0 aliphatic rings. The molecule has 1 heterocycles. The van der Waals surface area contributed by atoms with Gasteiger partial charge in [-0.05, 0) is 26.0 Å². The Hall–Kier alpha value is -0.840. The van der Waals surface area contributed by atoms with Crippen LogP contribution >= 0.6 is 0 Å². The van der Waals surface area contributed by atoms with Crippen molar-refractivity contribution in [2.75, 3.05) is 20.3 Å². The zero-order chi connectivity index (χ0) is 12.7. The summed E-state index contributed by atoms with van der Waals surface area (Å²) in [4.78, 5) is 0. The number of furan rings is 1. The third-order valence-electron chi connectivity index (χ3n) is 2.76. The summed E-state index contributed by atoms with van der Waals surface area (Å²) in [6, 6.07) is 4.12. The van der Waals surface area contributed by atoms with Gasteiger partial charge >= 0.3 is 0 Å². The zero-order valence-electron chi connectivity index (χ0n) is 10.9. The van der Waals surface area contributed by atoms with Crippen LogP contribution in [0, 0.1) is 0 Å². The average Bonchev–Trinajstić information content (AvgIpc) is 2.77. The third-order valence-corrected chi connectivity index (χ3v) is 2.76. The van der Waals surface area contributed by atoms with E-state index in [-0.39, 0.29) is 6.04 Å². The summed E-state index contributed by atoms with van der Waals surface area (Å²) in [6.07, 6.45) is 3.13. The average molecular weight is 241 g/mol. The molecule has 4 heteroatoms. The van der Waals surface area contributed by atoms with Gasteiger partial charge in [0.25, 0.3) is 0 Å². The van der Waals surface area contributed by atoms with Gasteiger partial charge in [0.05, 0.1) is 11.9 Å². The van der Waals surface area contributed by atoms with Crippen LogP contribution in [-0.4, -0.2) is 37.0 Å². The van der Waals surface area contributed by atoms with E-state index in [1.807, 2.05) is 19.1 Å². The Morgan fingerprint density at radius 1 is 1.59 bits per heavy atom. The molecule has 17 heavy (non-hydrogen) atoms. The van der Waals surface area contributed by atoms with E-state index in [1.165, 1.54) is 0 Å². The molecule has 2 atom stereocenters. The van der Waals surface area contributed by atoms with Gasteiger partial charge in [0.15, 0.2) is 0 Å². The molecule has 98 valence electrons. The van der Waals surface area contributed by atoms with Gasteiger partial charge in [-0.2, -0.15) is 0 Å². The van der Waals surface area contributed by atoms with Crippen LogP contribution in [-0.2, 0) is 11.2 Å². The third kappa shape index (κ3) is 5.86. The maximum Gasteiger partial charge on any atom is 0.105 e. The fraction of sp³-hybridized carbons (Fsp3) is 0.692. The van der Waals surface area contributed by atoms with Crippen LogP contribution < -0.4 is 5.32 Å². The Morgan fingerprint density at radius 2 is 2.35 bits per heavy atom. The van der Waals surface area contributed by atoms with Crippen molar-refractivity contribution in [3.05, 3.63) is 24.2 Å². The Bertz CT molecular complexity index is 296. The zero-order valence-corrected chi connectivity index (χ0v) is 10.9. The Kier molecular flexibility index (Phi) is 5.68. The van der Waals surface area contributed by atoms with Gasteiger partial charge in [0.2, 0.25) is 0 Å². The molecule has 0 aromatic carbocycles. The van der Waals surface area contributed by atoms with Crippen LogP contribution in [0.15, 0.2) is 22.8 Å². The van der Waals surface area contributed by atoms with Gasteiger partial charge in [-0.3, -0.25) is 0 Å². The standard InChI is InChI=1S/C13H23NO3/c1-11(9-12-5-4-7-17-12)14-10-13(2,15)6-8-16-3/h4-5,7,11,14-15H,6,8-10H2,1-3H3. The van der Waals surface area contributed by atoms with Crippen molar-refractivity contribution in [1.29, 1.82) is 0 Å². The van der Waals surface area contributed by atoms with Crippen molar-refractivity contribution in [2.24, 2.45) is 0 Å². The van der Waals surface area contributed by atoms with Gasteiger partial charge in [-0.15, -0.1) is 0 Å². The molecule has 0 saturated carbocycles. The highest BCUT2D eigenvalue weighted by Gasteiger charge is 2.20. The van der Waals surface area contributed by atoms with Crippen molar-refractivity contribution >= 4 is 0 Å². The van der Waals surface area contributed by atoms with Gasteiger partial charge in [-0.1, -0.05) is 0 Å². The molecule has 2 N–H and O–H groups in total. The summed E-state index contributed by atoms with van der Waals surface area (Å²) in [6.45, 7) is 5.02. The first-order valence-electron chi connectivity index (χ1n) is 6.00. The molecule has 0 radical (unpaired) electrons. The summed E-state index contributed by atoms with van der Waals surface area (Å²) in [7, 11) is 1.64. The normalized spacial score (nSPS) is 16.7. The topological polar surface area (TPSA) is 54.6 Å². The second kappa shape index (κ2) is 6.79. The summed E-state index contributed by atoms with van der Waals surface area (Å²) in [5.74, 6) is 0.960. The molecule has 4 nitrogen and oxygen atoms in total. The van der Waals surface area contributed by atoms with Crippen LogP contribution in [0.2, 0.25) is 0 Å². The van der Waals surface area contributed by atoms with Crippen molar-refractivity contribution in [3.63, 3.8) is 0 Å². The fourth-order valence-corrected chi connectivity index (χ4v) is 1.61. The van der Waals surface area contributed by atoms with E-state index in [4.69, 9.17) is 9.15 Å². The first kappa shape index (κ1) is 14.2. The van der Waals surface area contributed by atoms with Crippen molar-refractivity contribution < 1.29 is 14.3 Å². The van der Waals surface area contributed by atoms with Gasteiger partial charge in [0.1, 0.15) is 5.76 Å². The van der Waals surface area contributed by atoms with E-state index in [2.05, 4.69) is 12.2 Å². The molecular formula is C13H23NO3. The van der Waals surface area contributed by atoms with Crippen molar-refractivity contribution in [2.45, 2.75) is 38.3 Å². The molecule has 0 amide bonds. The second-order valence-corrected chi connectivity index (χ2v) is 4.81. The minimum atomic E-state index is -0.729. The highest BCUT2D eigenvalue weighted by Crippen LogP contribution is 2.09. The summed E-state index contributed by atoms with van der Waals surface area (Å²) < 4.78 is 10.2. The molecule has 0 saturated heterocycles. The van der Waals surface area contributed by atoms with E-state index >= 15 is 0 Å². The number of ether oxygens (including phenoxy) is 1. The minimum absolute atomic E-state index is 0.273. The number of hydrogen-bond donors (Lipinski definition) is 2. The Labute approximate surface area is 103 Å². The summed E-state index contributed by atoms with van der Waals surface area (Å²) in [5, 5.41) is 13.4. The highest BCUT2D eigenvalue weighted by atomic mass is 16.5. The Morgan fingerprint density at radius 3 is 2.94 bits per heavy atom.